The van der Waals surface area contributed by atoms with Gasteiger partial charge in [-0.25, -0.2) is 0 Å². The zero-order chi connectivity index (χ0) is 14.7. The predicted octanol–water partition coefficient (Wildman–Crippen LogP) is 1.72. The normalized spacial score (nSPS) is 12.0. The van der Waals surface area contributed by atoms with Gasteiger partial charge in [0.2, 0.25) is 11.0 Å². The molecule has 0 saturated carbocycles. The number of hydrogen-bond acceptors (Lipinski definition) is 6. The maximum Gasteiger partial charge on any atom is 0.248 e. The van der Waals surface area contributed by atoms with Gasteiger partial charge in [-0.2, -0.15) is 5.10 Å². The van der Waals surface area contributed by atoms with Crippen molar-refractivity contribution in [1.29, 1.82) is 0 Å². The molecule has 1 atom stereocenters. The maximum atomic E-state index is 12.3. The van der Waals surface area contributed by atoms with E-state index >= 15 is 0 Å². The second-order valence-corrected chi connectivity index (χ2v) is 5.77. The zero-order valence-corrected chi connectivity index (χ0v) is 14.0. The molecule has 0 aromatic carbocycles. The first-order valence-corrected chi connectivity index (χ1v) is 7.13. The van der Waals surface area contributed by atoms with Crippen LogP contribution in [0.15, 0.2) is 12.4 Å². The van der Waals surface area contributed by atoms with Gasteiger partial charge in [0, 0.05) is 24.7 Å². The van der Waals surface area contributed by atoms with E-state index in [1.54, 1.807) is 24.1 Å². The van der Waals surface area contributed by atoms with E-state index < -0.39 is 6.04 Å². The topological polar surface area (TPSA) is 84.7 Å². The maximum absolute atomic E-state index is 12.3. The van der Waals surface area contributed by atoms with Crippen molar-refractivity contribution >= 4 is 34.8 Å². The van der Waals surface area contributed by atoms with Crippen molar-refractivity contribution in [2.45, 2.75) is 25.8 Å². The van der Waals surface area contributed by atoms with Gasteiger partial charge < -0.3 is 5.32 Å². The molecule has 0 aliphatic heterocycles. The number of nitrogens with zero attached hydrogens (tertiary/aromatic N) is 4. The van der Waals surface area contributed by atoms with Crippen LogP contribution in [0.4, 0.5) is 5.13 Å². The van der Waals surface area contributed by atoms with Gasteiger partial charge >= 0.3 is 0 Å². The Kier molecular flexibility index (Phi) is 6.25. The molecule has 0 saturated heterocycles. The lowest BCUT2D eigenvalue weighted by molar-refractivity contribution is -0.118. The number of likely N-dealkylation sites (N-methyl/N-ethyl adjacent to an activating group) is 1. The van der Waals surface area contributed by atoms with Gasteiger partial charge in [-0.3, -0.25) is 14.8 Å². The highest BCUT2D eigenvalue weighted by atomic mass is 35.5. The number of halogens is 1. The van der Waals surface area contributed by atoms with E-state index in [4.69, 9.17) is 0 Å². The summed E-state index contributed by atoms with van der Waals surface area (Å²) in [7, 11) is 3.55. The molecule has 9 heteroatoms. The molecule has 0 spiro atoms. The molecule has 1 amide bonds. The summed E-state index contributed by atoms with van der Waals surface area (Å²) in [6, 6.07) is -0.463. The number of nitrogens with one attached hydrogen (secondary N) is 2. The minimum atomic E-state index is -0.463. The average molecular weight is 331 g/mol. The van der Waals surface area contributed by atoms with Gasteiger partial charge in [0.15, 0.2) is 0 Å². The highest BCUT2D eigenvalue weighted by molar-refractivity contribution is 7.15. The fourth-order valence-corrected chi connectivity index (χ4v) is 2.48. The number of carbonyl (C=O) groups is 1. The second kappa shape index (κ2) is 7.48. The Labute approximate surface area is 133 Å². The van der Waals surface area contributed by atoms with E-state index in [1.807, 2.05) is 20.9 Å². The van der Waals surface area contributed by atoms with Crippen molar-refractivity contribution in [3.63, 3.8) is 0 Å². The summed E-state index contributed by atoms with van der Waals surface area (Å²) in [6.07, 6.45) is 3.47. The number of amides is 1. The van der Waals surface area contributed by atoms with Crippen molar-refractivity contribution in [1.82, 2.24) is 25.3 Å². The third-order valence-corrected chi connectivity index (χ3v) is 3.91. The first-order chi connectivity index (χ1) is 9.51. The molecule has 116 valence electrons. The van der Waals surface area contributed by atoms with Gasteiger partial charge in [0.05, 0.1) is 6.20 Å². The molecule has 7 nitrogen and oxygen atoms in total. The number of aryl methyl sites for hydroxylation is 1. The molecule has 0 fully saturated rings. The molecule has 2 aromatic rings. The van der Waals surface area contributed by atoms with Crippen LogP contribution in [0.3, 0.4) is 0 Å². The van der Waals surface area contributed by atoms with Crippen molar-refractivity contribution in [3.05, 3.63) is 23.0 Å². The number of hydrogen-bond donors (Lipinski definition) is 2. The fourth-order valence-electron chi connectivity index (χ4n) is 1.73. The van der Waals surface area contributed by atoms with Crippen LogP contribution < -0.4 is 10.6 Å². The standard InChI is InChI=1S/C12H18N6OS.ClH/c1-7(2)11-16-17-12(20-11)15-10(19)9(13-3)8-5-14-18(4)6-8;/h5-7,9,13H,1-4H3,(H,15,17,19);1H. The lowest BCUT2D eigenvalue weighted by Gasteiger charge is -2.12. The summed E-state index contributed by atoms with van der Waals surface area (Å²) < 4.78 is 1.66. The third kappa shape index (κ3) is 4.23. The average Bonchev–Trinajstić information content (AvgIpc) is 3.00. The van der Waals surface area contributed by atoms with Crippen LogP contribution >= 0.6 is 23.7 Å². The molecule has 2 N–H and O–H groups in total. The van der Waals surface area contributed by atoms with E-state index in [0.717, 1.165) is 10.6 Å². The molecule has 1 unspecified atom stereocenters. The van der Waals surface area contributed by atoms with Gasteiger partial charge in [0.1, 0.15) is 11.0 Å². The molecule has 0 aliphatic carbocycles. The van der Waals surface area contributed by atoms with E-state index in [0.29, 0.717) is 11.0 Å². The molecular weight excluding hydrogens is 312 g/mol. The molecule has 0 aliphatic rings. The number of anilines is 1. The molecule has 2 heterocycles. The summed E-state index contributed by atoms with van der Waals surface area (Å²) in [5.41, 5.74) is 0.807. The van der Waals surface area contributed by atoms with Crippen LogP contribution in [0, 0.1) is 0 Å². The highest BCUT2D eigenvalue weighted by Crippen LogP contribution is 2.23. The van der Waals surface area contributed by atoms with Crippen molar-refractivity contribution in [3.8, 4) is 0 Å². The minimum absolute atomic E-state index is 0. The Balaban J connectivity index is 0.00000220. The summed E-state index contributed by atoms with van der Waals surface area (Å²) in [6.45, 7) is 4.08. The molecule has 2 rings (SSSR count). The monoisotopic (exact) mass is 330 g/mol. The quantitative estimate of drug-likeness (QED) is 0.872. The smallest absolute Gasteiger partial charge is 0.248 e. The van der Waals surface area contributed by atoms with Gasteiger partial charge in [-0.05, 0) is 7.05 Å². The van der Waals surface area contributed by atoms with Gasteiger partial charge in [-0.15, -0.1) is 22.6 Å². The van der Waals surface area contributed by atoms with Crippen molar-refractivity contribution in [2.75, 3.05) is 12.4 Å². The van der Waals surface area contributed by atoms with E-state index in [1.165, 1.54) is 11.3 Å². The highest BCUT2D eigenvalue weighted by Gasteiger charge is 2.21. The Morgan fingerprint density at radius 2 is 2.10 bits per heavy atom. The Hall–Kier alpha value is -1.51. The zero-order valence-electron chi connectivity index (χ0n) is 12.3. The first-order valence-electron chi connectivity index (χ1n) is 6.31. The van der Waals surface area contributed by atoms with Crippen molar-refractivity contribution < 1.29 is 4.79 Å². The van der Waals surface area contributed by atoms with Crippen LogP contribution in [0.25, 0.3) is 0 Å². The molecule has 2 aromatic heterocycles. The summed E-state index contributed by atoms with van der Waals surface area (Å²) in [4.78, 5) is 12.3. The fraction of sp³-hybridized carbons (Fsp3) is 0.500. The SMILES string of the molecule is CNC(C(=O)Nc1nnc(C(C)C)s1)c1cnn(C)c1.Cl. The molecule has 21 heavy (non-hydrogen) atoms. The van der Waals surface area contributed by atoms with E-state index in [9.17, 15) is 4.79 Å². The largest absolute Gasteiger partial charge is 0.305 e. The molecule has 0 bridgehead atoms. The lowest BCUT2D eigenvalue weighted by Crippen LogP contribution is -2.30. The van der Waals surface area contributed by atoms with Crippen molar-refractivity contribution in [2.24, 2.45) is 7.05 Å². The number of carbonyl (C=O) groups excluding carboxylic acids is 1. The van der Waals surface area contributed by atoms with Gasteiger partial charge in [0.25, 0.3) is 0 Å². The number of rotatable bonds is 5. The van der Waals surface area contributed by atoms with E-state index in [-0.39, 0.29) is 18.3 Å². The number of aromatic nitrogens is 4. The minimum Gasteiger partial charge on any atom is -0.305 e. The molecule has 0 radical (unpaired) electrons. The molecular formula is C12H19ClN6OS. The predicted molar refractivity (Wildman–Crippen MR) is 84.9 cm³/mol. The van der Waals surface area contributed by atoms with Gasteiger partial charge in [-0.1, -0.05) is 25.2 Å². The van der Waals surface area contributed by atoms with E-state index in [2.05, 4.69) is 25.9 Å². The van der Waals surface area contributed by atoms with Crippen LogP contribution in [0.2, 0.25) is 0 Å². The Morgan fingerprint density at radius 3 is 2.57 bits per heavy atom. The second-order valence-electron chi connectivity index (χ2n) is 4.76. The third-order valence-electron chi connectivity index (χ3n) is 2.77. The van der Waals surface area contributed by atoms with Crippen LogP contribution in [-0.2, 0) is 11.8 Å². The summed E-state index contributed by atoms with van der Waals surface area (Å²) in [5.74, 6) is 0.128. The summed E-state index contributed by atoms with van der Waals surface area (Å²) in [5, 5.41) is 19.3. The van der Waals surface area contributed by atoms with Crippen LogP contribution in [-0.4, -0.2) is 32.9 Å². The summed E-state index contributed by atoms with van der Waals surface area (Å²) >= 11 is 1.39. The Morgan fingerprint density at radius 1 is 1.38 bits per heavy atom. The van der Waals surface area contributed by atoms with Crippen LogP contribution in [0.5, 0.6) is 0 Å². The first kappa shape index (κ1) is 17.5. The Bertz CT molecular complexity index is 596. The van der Waals surface area contributed by atoms with Crippen LogP contribution in [0.1, 0.15) is 36.4 Å². The lowest BCUT2D eigenvalue weighted by atomic mass is 10.1.